The molecule has 0 atom stereocenters. The molecule has 0 aliphatic carbocycles. The molecule has 0 bridgehead atoms. The molecule has 3 rings (SSSR count). The van der Waals surface area contributed by atoms with Gasteiger partial charge in [0.05, 0.1) is 12.1 Å². The number of anilines is 2. The summed E-state index contributed by atoms with van der Waals surface area (Å²) in [6.07, 6.45) is 0. The number of hydrogen-bond donors (Lipinski definition) is 1. The molecule has 0 saturated carbocycles. The van der Waals surface area contributed by atoms with Gasteiger partial charge >= 0.3 is 6.03 Å². The Hall–Kier alpha value is -2.73. The van der Waals surface area contributed by atoms with Crippen molar-refractivity contribution in [3.63, 3.8) is 0 Å². The smallest absolute Gasteiger partial charge is 0.321 e. The second-order valence-electron chi connectivity index (χ2n) is 6.36. The number of ketones is 1. The van der Waals surface area contributed by atoms with Crippen molar-refractivity contribution in [3.05, 3.63) is 53.1 Å². The molecule has 1 fully saturated rings. The lowest BCUT2D eigenvalue weighted by molar-refractivity contribution is 0.101. The zero-order valence-corrected chi connectivity index (χ0v) is 16.1. The molecule has 1 aliphatic rings. The molecule has 2 aromatic rings. The molecule has 0 aromatic heterocycles. The number of halogens is 1. The highest BCUT2D eigenvalue weighted by Gasteiger charge is 2.21. The Labute approximate surface area is 163 Å². The number of urea groups is 1. The van der Waals surface area contributed by atoms with Crippen molar-refractivity contribution in [3.8, 4) is 5.75 Å². The van der Waals surface area contributed by atoms with Crippen LogP contribution in [-0.4, -0.2) is 50.0 Å². The Morgan fingerprint density at radius 3 is 2.26 bits per heavy atom. The Balaban J connectivity index is 1.56. The standard InChI is InChI=1S/C20H22ClN3O3/c1-14(25)15-3-6-17(7-4-15)23-9-11-24(12-10-23)20(26)22-16-5-8-19(27-2)18(21)13-16/h3-8,13H,9-12H2,1-2H3,(H,22,26). The number of amides is 2. The van der Waals surface area contributed by atoms with E-state index in [1.54, 1.807) is 37.1 Å². The minimum atomic E-state index is -0.150. The van der Waals surface area contributed by atoms with E-state index in [9.17, 15) is 9.59 Å². The summed E-state index contributed by atoms with van der Waals surface area (Å²) in [5.41, 5.74) is 2.39. The first-order valence-electron chi connectivity index (χ1n) is 8.73. The number of nitrogens with zero attached hydrogens (tertiary/aromatic N) is 2. The van der Waals surface area contributed by atoms with Gasteiger partial charge in [-0.2, -0.15) is 0 Å². The van der Waals surface area contributed by atoms with E-state index in [0.717, 1.165) is 18.8 Å². The van der Waals surface area contributed by atoms with Crippen LogP contribution in [0.5, 0.6) is 5.75 Å². The fourth-order valence-electron chi connectivity index (χ4n) is 3.02. The third-order valence-corrected chi connectivity index (χ3v) is 4.90. The van der Waals surface area contributed by atoms with E-state index in [-0.39, 0.29) is 11.8 Å². The van der Waals surface area contributed by atoms with E-state index in [4.69, 9.17) is 16.3 Å². The van der Waals surface area contributed by atoms with Crippen LogP contribution >= 0.6 is 11.6 Å². The lowest BCUT2D eigenvalue weighted by Gasteiger charge is -2.36. The van der Waals surface area contributed by atoms with Gasteiger partial charge in [0.15, 0.2) is 5.78 Å². The molecular formula is C20H22ClN3O3. The normalized spacial score (nSPS) is 14.0. The van der Waals surface area contributed by atoms with Crippen LogP contribution in [0.2, 0.25) is 5.02 Å². The maximum absolute atomic E-state index is 12.5. The van der Waals surface area contributed by atoms with Crippen molar-refractivity contribution < 1.29 is 14.3 Å². The Bertz CT molecular complexity index is 831. The van der Waals surface area contributed by atoms with Gasteiger partial charge in [-0.25, -0.2) is 4.79 Å². The third kappa shape index (κ3) is 4.52. The maximum atomic E-state index is 12.5. The molecule has 2 aromatic carbocycles. The number of benzene rings is 2. The summed E-state index contributed by atoms with van der Waals surface area (Å²) in [5, 5.41) is 3.32. The van der Waals surface area contributed by atoms with E-state index in [1.807, 2.05) is 24.3 Å². The summed E-state index contributed by atoms with van der Waals surface area (Å²) < 4.78 is 5.12. The lowest BCUT2D eigenvalue weighted by Crippen LogP contribution is -2.50. The summed E-state index contributed by atoms with van der Waals surface area (Å²) in [4.78, 5) is 27.8. The van der Waals surface area contributed by atoms with E-state index in [0.29, 0.717) is 35.1 Å². The summed E-state index contributed by atoms with van der Waals surface area (Å²) >= 11 is 6.10. The maximum Gasteiger partial charge on any atom is 0.321 e. The molecule has 27 heavy (non-hydrogen) atoms. The van der Waals surface area contributed by atoms with Crippen LogP contribution in [0, 0.1) is 0 Å². The first-order chi connectivity index (χ1) is 13.0. The van der Waals surface area contributed by atoms with Crippen LogP contribution in [0.3, 0.4) is 0 Å². The van der Waals surface area contributed by atoms with E-state index in [2.05, 4.69) is 10.2 Å². The number of methoxy groups -OCH3 is 1. The highest BCUT2D eigenvalue weighted by atomic mass is 35.5. The topological polar surface area (TPSA) is 61.9 Å². The largest absolute Gasteiger partial charge is 0.495 e. The number of hydrogen-bond acceptors (Lipinski definition) is 4. The number of piperazine rings is 1. The first kappa shape index (κ1) is 19.0. The van der Waals surface area contributed by atoms with E-state index < -0.39 is 0 Å². The molecule has 1 saturated heterocycles. The van der Waals surface area contributed by atoms with Crippen LogP contribution in [0.25, 0.3) is 0 Å². The number of carbonyl (C=O) groups excluding carboxylic acids is 2. The summed E-state index contributed by atoms with van der Waals surface area (Å²) in [5.74, 6) is 0.626. The van der Waals surface area contributed by atoms with Crippen LogP contribution in [0.4, 0.5) is 16.2 Å². The van der Waals surface area contributed by atoms with E-state index in [1.165, 1.54) is 0 Å². The van der Waals surface area contributed by atoms with Crippen LogP contribution < -0.4 is 15.0 Å². The van der Waals surface area contributed by atoms with Crippen molar-refractivity contribution in [2.45, 2.75) is 6.92 Å². The van der Waals surface area contributed by atoms with Gasteiger partial charge in [0.1, 0.15) is 5.75 Å². The summed E-state index contributed by atoms with van der Waals surface area (Å²) in [7, 11) is 1.55. The van der Waals surface area contributed by atoms with Gasteiger partial charge in [0.25, 0.3) is 0 Å². The number of Topliss-reactive ketones (excluding diaryl/α,β-unsaturated/α-hetero) is 1. The van der Waals surface area contributed by atoms with Crippen molar-refractivity contribution in [2.24, 2.45) is 0 Å². The fraction of sp³-hybridized carbons (Fsp3) is 0.300. The highest BCUT2D eigenvalue weighted by Crippen LogP contribution is 2.27. The van der Waals surface area contributed by atoms with Gasteiger partial charge in [-0.15, -0.1) is 0 Å². The fourth-order valence-corrected chi connectivity index (χ4v) is 3.28. The average Bonchev–Trinajstić information content (AvgIpc) is 2.68. The molecule has 0 spiro atoms. The second kappa shape index (κ2) is 8.31. The zero-order valence-electron chi connectivity index (χ0n) is 15.4. The van der Waals surface area contributed by atoms with Crippen LogP contribution in [-0.2, 0) is 0 Å². The molecule has 7 heteroatoms. The second-order valence-corrected chi connectivity index (χ2v) is 6.76. The number of ether oxygens (including phenoxy) is 1. The molecule has 0 radical (unpaired) electrons. The number of carbonyl (C=O) groups is 2. The van der Waals surface area contributed by atoms with Crippen molar-refractivity contribution in [1.82, 2.24) is 4.90 Å². The molecular weight excluding hydrogens is 366 g/mol. The van der Waals surface area contributed by atoms with Gasteiger partial charge in [-0.3, -0.25) is 4.79 Å². The molecule has 2 amide bonds. The molecule has 1 N–H and O–H groups in total. The van der Waals surface area contributed by atoms with Gasteiger partial charge in [0, 0.05) is 43.1 Å². The minimum Gasteiger partial charge on any atom is -0.495 e. The SMILES string of the molecule is COc1ccc(NC(=O)N2CCN(c3ccc(C(C)=O)cc3)CC2)cc1Cl. The number of rotatable bonds is 4. The van der Waals surface area contributed by atoms with Crippen molar-refractivity contribution in [1.29, 1.82) is 0 Å². The van der Waals surface area contributed by atoms with Crippen molar-refractivity contribution in [2.75, 3.05) is 43.5 Å². The zero-order chi connectivity index (χ0) is 19.4. The predicted molar refractivity (Wildman–Crippen MR) is 107 cm³/mol. The molecule has 1 heterocycles. The van der Waals surface area contributed by atoms with Crippen molar-refractivity contribution >= 4 is 34.8 Å². The Morgan fingerprint density at radius 2 is 1.70 bits per heavy atom. The summed E-state index contributed by atoms with van der Waals surface area (Å²) in [6.45, 7) is 4.25. The van der Waals surface area contributed by atoms with E-state index >= 15 is 0 Å². The quantitative estimate of drug-likeness (QED) is 0.808. The van der Waals surface area contributed by atoms with Gasteiger partial charge in [-0.1, -0.05) is 11.6 Å². The molecule has 142 valence electrons. The van der Waals surface area contributed by atoms with Crippen LogP contribution in [0.15, 0.2) is 42.5 Å². The van der Waals surface area contributed by atoms with Gasteiger partial charge in [-0.05, 0) is 49.4 Å². The average molecular weight is 388 g/mol. The molecule has 0 unspecified atom stereocenters. The third-order valence-electron chi connectivity index (χ3n) is 4.61. The van der Waals surface area contributed by atoms with Gasteiger partial charge in [0.2, 0.25) is 0 Å². The lowest BCUT2D eigenvalue weighted by atomic mass is 10.1. The molecule has 6 nitrogen and oxygen atoms in total. The highest BCUT2D eigenvalue weighted by molar-refractivity contribution is 6.32. The first-order valence-corrected chi connectivity index (χ1v) is 9.11. The monoisotopic (exact) mass is 387 g/mol. The predicted octanol–water partition coefficient (Wildman–Crippen LogP) is 3.91. The Kier molecular flexibility index (Phi) is 5.86. The minimum absolute atomic E-state index is 0.0571. The van der Waals surface area contributed by atoms with Gasteiger partial charge < -0.3 is 19.9 Å². The summed E-state index contributed by atoms with van der Waals surface area (Å²) in [6, 6.07) is 12.6. The van der Waals surface area contributed by atoms with Crippen LogP contribution in [0.1, 0.15) is 17.3 Å². The Morgan fingerprint density at radius 1 is 1.04 bits per heavy atom. The molecule has 1 aliphatic heterocycles. The number of nitrogens with one attached hydrogen (secondary N) is 1.